The fourth-order valence-electron chi connectivity index (χ4n) is 5.72. The Kier molecular flexibility index (Phi) is 9.95. The highest BCUT2D eigenvalue weighted by molar-refractivity contribution is 7.11. The fourth-order valence-corrected chi connectivity index (χ4v) is 6.65. The van der Waals surface area contributed by atoms with E-state index >= 15 is 0 Å². The second-order valence-corrected chi connectivity index (χ2v) is 11.8. The number of aliphatic carboxylic acids is 1. The molecular formula is C30H40N2O4S. The average molecular weight is 525 g/mol. The summed E-state index contributed by atoms with van der Waals surface area (Å²) >= 11 is 1.89. The van der Waals surface area contributed by atoms with Crippen LogP contribution in [-0.4, -0.2) is 52.8 Å². The van der Waals surface area contributed by atoms with Gasteiger partial charge in [0.1, 0.15) is 5.75 Å². The van der Waals surface area contributed by atoms with E-state index in [1.165, 1.54) is 22.6 Å². The Balaban J connectivity index is 1.32. The lowest BCUT2D eigenvalue weighted by Gasteiger charge is -2.39. The minimum Gasteiger partial charge on any atom is -0.497 e. The van der Waals surface area contributed by atoms with Crippen LogP contribution in [0.3, 0.4) is 0 Å². The van der Waals surface area contributed by atoms with Crippen LogP contribution < -0.4 is 4.74 Å². The molecule has 3 heterocycles. The molecule has 1 fully saturated rings. The summed E-state index contributed by atoms with van der Waals surface area (Å²) in [5.74, 6) is 0.813. The van der Waals surface area contributed by atoms with Crippen LogP contribution >= 0.6 is 11.3 Å². The molecule has 3 aromatic rings. The molecule has 0 bridgehead atoms. The Bertz CT molecular complexity index is 1160. The number of pyridine rings is 1. The first-order valence-electron chi connectivity index (χ1n) is 13.5. The maximum absolute atomic E-state index is 11.3. The Morgan fingerprint density at radius 3 is 2.81 bits per heavy atom. The molecule has 37 heavy (non-hydrogen) atoms. The first-order valence-corrected chi connectivity index (χ1v) is 14.3. The molecule has 0 radical (unpaired) electrons. The molecule has 2 N–H and O–H groups in total. The predicted molar refractivity (Wildman–Crippen MR) is 149 cm³/mol. The van der Waals surface area contributed by atoms with Crippen molar-refractivity contribution in [2.24, 2.45) is 11.8 Å². The third-order valence-electron chi connectivity index (χ3n) is 7.80. The Hall–Kier alpha value is -2.48. The van der Waals surface area contributed by atoms with Gasteiger partial charge in [0.15, 0.2) is 0 Å². The molecule has 0 saturated carbocycles. The van der Waals surface area contributed by atoms with Gasteiger partial charge in [-0.25, -0.2) is 0 Å². The number of aromatic nitrogens is 1. The number of thiophene rings is 1. The van der Waals surface area contributed by atoms with E-state index in [1.54, 1.807) is 13.3 Å². The standard InChI is InChI=1S/C30H40N2O4S/c1-21-6-10-25(37-21)5-3-4-17-32-18-15-22(23(20-32)8-13-30(34)35)7-12-29(33)26-14-16-31-28-11-9-24(36-2)19-27(26)28/h6,9-11,14,16,19,22-23,29,33H,3-5,7-8,12-13,15,17-18,20H2,1-2H3,(H,34,35)/t22?,23?,29-/m0/s1. The maximum Gasteiger partial charge on any atom is 0.303 e. The number of carboxylic acid groups (broad SMARTS) is 1. The molecule has 2 aromatic heterocycles. The minimum atomic E-state index is -0.723. The van der Waals surface area contributed by atoms with E-state index in [-0.39, 0.29) is 6.42 Å². The highest BCUT2D eigenvalue weighted by atomic mass is 32.1. The molecule has 4 rings (SSSR count). The number of fused-ring (bicyclic) bond motifs is 1. The van der Waals surface area contributed by atoms with E-state index < -0.39 is 12.1 Å². The minimum absolute atomic E-state index is 0.212. The van der Waals surface area contributed by atoms with Gasteiger partial charge in [-0.1, -0.05) is 0 Å². The summed E-state index contributed by atoms with van der Waals surface area (Å²) in [6.45, 7) is 5.25. The van der Waals surface area contributed by atoms with E-state index in [2.05, 4.69) is 28.9 Å². The SMILES string of the molecule is COc1ccc2nccc([C@@H](O)CCC3CCN(CCCCc4ccc(C)s4)CC3CCC(=O)O)c2c1. The predicted octanol–water partition coefficient (Wildman–Crippen LogP) is 6.25. The van der Waals surface area contributed by atoms with E-state index in [1.807, 2.05) is 35.6 Å². The van der Waals surface area contributed by atoms with Crippen LogP contribution in [0.2, 0.25) is 0 Å². The van der Waals surface area contributed by atoms with Gasteiger partial charge in [-0.2, -0.15) is 0 Å². The maximum atomic E-state index is 11.3. The van der Waals surface area contributed by atoms with Gasteiger partial charge in [-0.05, 0) is 119 Å². The van der Waals surface area contributed by atoms with Crippen molar-refractivity contribution in [1.82, 2.24) is 9.88 Å². The molecule has 0 amide bonds. The number of nitrogens with zero attached hydrogens (tertiary/aromatic N) is 2. The molecule has 1 aliphatic heterocycles. The number of rotatable bonds is 13. The van der Waals surface area contributed by atoms with E-state index in [0.717, 1.165) is 61.1 Å². The van der Waals surface area contributed by atoms with Crippen LogP contribution in [0, 0.1) is 18.8 Å². The van der Waals surface area contributed by atoms with Gasteiger partial charge in [0.25, 0.3) is 0 Å². The highest BCUT2D eigenvalue weighted by Crippen LogP contribution is 2.35. The highest BCUT2D eigenvalue weighted by Gasteiger charge is 2.30. The number of methoxy groups -OCH3 is 1. The van der Waals surface area contributed by atoms with Gasteiger partial charge in [-0.15, -0.1) is 11.3 Å². The molecule has 3 atom stereocenters. The van der Waals surface area contributed by atoms with Crippen molar-refractivity contribution in [3.63, 3.8) is 0 Å². The molecule has 7 heteroatoms. The van der Waals surface area contributed by atoms with E-state index in [4.69, 9.17) is 4.74 Å². The molecule has 1 aliphatic rings. The fraction of sp³-hybridized carbons (Fsp3) is 0.533. The number of unbranched alkanes of at least 4 members (excludes halogenated alkanes) is 1. The van der Waals surface area contributed by atoms with Gasteiger partial charge >= 0.3 is 5.97 Å². The lowest BCUT2D eigenvalue weighted by atomic mass is 9.79. The van der Waals surface area contributed by atoms with Crippen LogP contribution in [0.4, 0.5) is 0 Å². The van der Waals surface area contributed by atoms with Crippen molar-refractivity contribution in [1.29, 1.82) is 0 Å². The van der Waals surface area contributed by atoms with Crippen molar-refractivity contribution in [2.45, 2.75) is 64.4 Å². The lowest BCUT2D eigenvalue weighted by molar-refractivity contribution is -0.137. The normalized spacial score (nSPS) is 19.2. The number of carboxylic acids is 1. The second kappa shape index (κ2) is 13.4. The molecule has 200 valence electrons. The van der Waals surface area contributed by atoms with Gasteiger partial charge < -0.3 is 19.8 Å². The molecule has 0 spiro atoms. The zero-order chi connectivity index (χ0) is 26.2. The van der Waals surface area contributed by atoms with Crippen LogP contribution in [-0.2, 0) is 11.2 Å². The zero-order valence-corrected chi connectivity index (χ0v) is 22.9. The van der Waals surface area contributed by atoms with E-state index in [0.29, 0.717) is 24.7 Å². The topological polar surface area (TPSA) is 82.9 Å². The zero-order valence-electron chi connectivity index (χ0n) is 22.1. The smallest absolute Gasteiger partial charge is 0.303 e. The molecule has 2 unspecified atom stereocenters. The van der Waals surface area contributed by atoms with Crippen molar-refractivity contribution in [2.75, 3.05) is 26.7 Å². The van der Waals surface area contributed by atoms with Gasteiger partial charge in [0.05, 0.1) is 18.7 Å². The summed E-state index contributed by atoms with van der Waals surface area (Å²) < 4.78 is 5.38. The Morgan fingerprint density at radius 1 is 1.19 bits per heavy atom. The first-order chi connectivity index (χ1) is 17.9. The third kappa shape index (κ3) is 7.76. The average Bonchev–Trinajstić information content (AvgIpc) is 3.33. The summed E-state index contributed by atoms with van der Waals surface area (Å²) in [6, 6.07) is 12.1. The molecular weight excluding hydrogens is 484 g/mol. The summed E-state index contributed by atoms with van der Waals surface area (Å²) in [4.78, 5) is 21.1. The van der Waals surface area contributed by atoms with Crippen molar-refractivity contribution in [3.05, 3.63) is 57.9 Å². The molecule has 1 saturated heterocycles. The largest absolute Gasteiger partial charge is 0.497 e. The van der Waals surface area contributed by atoms with Crippen molar-refractivity contribution >= 4 is 28.2 Å². The van der Waals surface area contributed by atoms with Crippen LogP contribution in [0.15, 0.2) is 42.6 Å². The number of aliphatic hydroxyl groups is 1. The number of benzene rings is 1. The van der Waals surface area contributed by atoms with Crippen LogP contribution in [0.5, 0.6) is 5.75 Å². The number of hydrogen-bond donors (Lipinski definition) is 2. The quantitative estimate of drug-likeness (QED) is 0.257. The van der Waals surface area contributed by atoms with Crippen molar-refractivity contribution < 1.29 is 19.7 Å². The van der Waals surface area contributed by atoms with E-state index in [9.17, 15) is 15.0 Å². The number of carbonyl (C=O) groups is 1. The van der Waals surface area contributed by atoms with Crippen LogP contribution in [0.1, 0.15) is 66.4 Å². The molecule has 6 nitrogen and oxygen atoms in total. The second-order valence-electron chi connectivity index (χ2n) is 10.4. The van der Waals surface area contributed by atoms with Gasteiger partial charge in [-0.3, -0.25) is 9.78 Å². The van der Waals surface area contributed by atoms with Crippen molar-refractivity contribution in [3.8, 4) is 5.75 Å². The number of piperidine rings is 1. The molecule has 0 aliphatic carbocycles. The lowest BCUT2D eigenvalue weighted by Crippen LogP contribution is -2.41. The third-order valence-corrected chi connectivity index (χ3v) is 8.86. The monoisotopic (exact) mass is 524 g/mol. The van der Waals surface area contributed by atoms with Crippen LogP contribution in [0.25, 0.3) is 10.9 Å². The number of aliphatic hydroxyl groups excluding tert-OH is 1. The summed E-state index contributed by atoms with van der Waals surface area (Å²) in [5.41, 5.74) is 1.73. The number of aryl methyl sites for hydroxylation is 2. The summed E-state index contributed by atoms with van der Waals surface area (Å²) in [6.07, 6.45) is 8.20. The summed E-state index contributed by atoms with van der Waals surface area (Å²) in [7, 11) is 1.64. The number of hydrogen-bond acceptors (Lipinski definition) is 6. The Labute approximate surface area is 224 Å². The summed E-state index contributed by atoms with van der Waals surface area (Å²) in [5, 5.41) is 21.4. The number of likely N-dealkylation sites (tertiary alicyclic amines) is 1. The molecule has 1 aromatic carbocycles. The Morgan fingerprint density at radius 2 is 2.05 bits per heavy atom. The van der Waals surface area contributed by atoms with Gasteiger partial charge in [0.2, 0.25) is 0 Å². The first kappa shape index (κ1) is 27.6. The number of ether oxygens (including phenoxy) is 1. The van der Waals surface area contributed by atoms with Gasteiger partial charge in [0, 0.05) is 34.3 Å².